The lowest BCUT2D eigenvalue weighted by atomic mass is 9.93. The van der Waals surface area contributed by atoms with Gasteiger partial charge in [-0.1, -0.05) is 49.4 Å². The van der Waals surface area contributed by atoms with Crippen molar-refractivity contribution >= 4 is 23.4 Å². The molecule has 3 aromatic rings. The molecule has 4 rings (SSSR count). The molecule has 1 unspecified atom stereocenters. The Balaban J connectivity index is 1.37. The van der Waals surface area contributed by atoms with Crippen molar-refractivity contribution in [3.05, 3.63) is 89.9 Å². The van der Waals surface area contributed by atoms with Crippen LogP contribution in [0.3, 0.4) is 0 Å². The first kappa shape index (κ1) is 24.3. The Morgan fingerprint density at radius 1 is 1.00 bits per heavy atom. The van der Waals surface area contributed by atoms with E-state index in [9.17, 15) is 14.4 Å². The maximum Gasteiger partial charge on any atom is 0.293 e. The van der Waals surface area contributed by atoms with E-state index in [0.717, 1.165) is 12.0 Å². The van der Waals surface area contributed by atoms with Crippen LogP contribution in [0.25, 0.3) is 0 Å². The van der Waals surface area contributed by atoms with E-state index in [1.165, 1.54) is 11.2 Å². The summed E-state index contributed by atoms with van der Waals surface area (Å²) in [6.45, 7) is 3.24. The maximum atomic E-state index is 13.2. The van der Waals surface area contributed by atoms with Crippen molar-refractivity contribution in [1.82, 2.24) is 10.2 Å². The molecule has 1 aliphatic rings. The molecule has 2 aromatic carbocycles. The first-order valence-corrected chi connectivity index (χ1v) is 12.0. The molecule has 1 fully saturated rings. The third-order valence-electron chi connectivity index (χ3n) is 6.60. The molecule has 0 saturated carbocycles. The molecule has 1 N–H and O–H groups in total. The average Bonchev–Trinajstić information content (AvgIpc) is 3.44. The minimum absolute atomic E-state index is 0.0394. The third-order valence-corrected chi connectivity index (χ3v) is 6.60. The van der Waals surface area contributed by atoms with Crippen LogP contribution >= 0.6 is 0 Å². The van der Waals surface area contributed by atoms with Gasteiger partial charge >= 0.3 is 0 Å². The maximum absolute atomic E-state index is 13.2. The number of rotatable bonds is 7. The molecular weight excluding hydrogens is 442 g/mol. The van der Waals surface area contributed by atoms with Crippen molar-refractivity contribution in [2.24, 2.45) is 0 Å². The summed E-state index contributed by atoms with van der Waals surface area (Å²) < 4.78 is 5.22. The van der Waals surface area contributed by atoms with Crippen LogP contribution in [-0.4, -0.2) is 48.8 Å². The Hall–Kier alpha value is -3.87. The van der Waals surface area contributed by atoms with E-state index in [0.29, 0.717) is 37.2 Å². The highest BCUT2D eigenvalue weighted by Gasteiger charge is 2.29. The monoisotopic (exact) mass is 473 g/mol. The highest BCUT2D eigenvalue weighted by Crippen LogP contribution is 2.25. The molecule has 2 heterocycles. The summed E-state index contributed by atoms with van der Waals surface area (Å²) in [5, 5.41) is 3.10. The van der Waals surface area contributed by atoms with E-state index < -0.39 is 0 Å². The Bertz CT molecular complexity index is 1150. The molecule has 182 valence electrons. The van der Waals surface area contributed by atoms with Crippen molar-refractivity contribution in [2.75, 3.05) is 25.0 Å². The van der Waals surface area contributed by atoms with E-state index in [1.54, 1.807) is 43.4 Å². The largest absolute Gasteiger partial charge is 0.459 e. The van der Waals surface area contributed by atoms with E-state index in [1.807, 2.05) is 42.2 Å². The van der Waals surface area contributed by atoms with Gasteiger partial charge in [-0.3, -0.25) is 14.4 Å². The number of amides is 3. The number of benzene rings is 2. The van der Waals surface area contributed by atoms with Crippen molar-refractivity contribution in [3.8, 4) is 0 Å². The lowest BCUT2D eigenvalue weighted by Crippen LogP contribution is -2.47. The zero-order valence-corrected chi connectivity index (χ0v) is 20.1. The minimum atomic E-state index is -0.328. The number of piperidine rings is 1. The topological polar surface area (TPSA) is 82.9 Å². The zero-order valence-electron chi connectivity index (χ0n) is 20.1. The number of anilines is 1. The molecule has 7 heteroatoms. The van der Waals surface area contributed by atoms with Gasteiger partial charge < -0.3 is 19.5 Å². The Morgan fingerprint density at radius 3 is 2.34 bits per heavy atom. The standard InChI is InChI=1S/C28H31N3O4/c1-3-22(20-10-5-4-6-11-20)27(33)31-17-15-21(16-18-31)29-26(32)23-12-7-8-13-24(23)30(2)28(34)25-14-9-19-35-25/h4-14,19,21-22H,3,15-18H2,1-2H3,(H,29,32). The number of nitrogens with zero attached hydrogens (tertiary/aromatic N) is 2. The summed E-state index contributed by atoms with van der Waals surface area (Å²) >= 11 is 0. The fourth-order valence-corrected chi connectivity index (χ4v) is 4.60. The molecule has 7 nitrogen and oxygen atoms in total. The van der Waals surface area contributed by atoms with Crippen LogP contribution in [0.15, 0.2) is 77.4 Å². The lowest BCUT2D eigenvalue weighted by molar-refractivity contribution is -0.134. The van der Waals surface area contributed by atoms with Gasteiger partial charge in [-0.25, -0.2) is 0 Å². The lowest BCUT2D eigenvalue weighted by Gasteiger charge is -2.34. The van der Waals surface area contributed by atoms with E-state index >= 15 is 0 Å². The predicted molar refractivity (Wildman–Crippen MR) is 134 cm³/mol. The van der Waals surface area contributed by atoms with Crippen molar-refractivity contribution < 1.29 is 18.8 Å². The van der Waals surface area contributed by atoms with Crippen LogP contribution in [0.2, 0.25) is 0 Å². The van der Waals surface area contributed by atoms with Crippen LogP contribution in [0.5, 0.6) is 0 Å². The van der Waals surface area contributed by atoms with E-state index in [2.05, 4.69) is 5.32 Å². The highest BCUT2D eigenvalue weighted by molar-refractivity contribution is 6.09. The van der Waals surface area contributed by atoms with Crippen molar-refractivity contribution in [1.29, 1.82) is 0 Å². The van der Waals surface area contributed by atoms with Crippen LogP contribution < -0.4 is 10.2 Å². The van der Waals surface area contributed by atoms with Gasteiger partial charge in [-0.15, -0.1) is 0 Å². The van der Waals surface area contributed by atoms with E-state index in [4.69, 9.17) is 4.42 Å². The van der Waals surface area contributed by atoms with Gasteiger partial charge in [0.25, 0.3) is 11.8 Å². The minimum Gasteiger partial charge on any atom is -0.459 e. The summed E-state index contributed by atoms with van der Waals surface area (Å²) in [5.41, 5.74) is 1.97. The first-order chi connectivity index (χ1) is 17.0. The van der Waals surface area contributed by atoms with Crippen LogP contribution in [0, 0.1) is 0 Å². The molecule has 3 amide bonds. The van der Waals surface area contributed by atoms with Crippen LogP contribution in [0.4, 0.5) is 5.69 Å². The molecule has 0 bridgehead atoms. The first-order valence-electron chi connectivity index (χ1n) is 12.0. The van der Waals surface area contributed by atoms with Gasteiger partial charge in [0.1, 0.15) is 0 Å². The molecular formula is C28H31N3O4. The Morgan fingerprint density at radius 2 is 1.69 bits per heavy atom. The summed E-state index contributed by atoms with van der Waals surface area (Å²) in [7, 11) is 1.62. The third kappa shape index (κ3) is 5.45. The average molecular weight is 474 g/mol. The molecule has 0 radical (unpaired) electrons. The highest BCUT2D eigenvalue weighted by atomic mass is 16.3. The van der Waals surface area contributed by atoms with Crippen molar-refractivity contribution in [2.45, 2.75) is 38.1 Å². The predicted octanol–water partition coefficient (Wildman–Crippen LogP) is 4.47. The van der Waals surface area contributed by atoms with Gasteiger partial charge in [0.05, 0.1) is 23.4 Å². The number of likely N-dealkylation sites (tertiary alicyclic amines) is 1. The summed E-state index contributed by atoms with van der Waals surface area (Å²) in [6.07, 6.45) is 3.57. The van der Waals surface area contributed by atoms with Crippen LogP contribution in [-0.2, 0) is 4.79 Å². The number of nitrogens with one attached hydrogen (secondary N) is 1. The zero-order chi connectivity index (χ0) is 24.8. The number of carbonyl (C=O) groups excluding carboxylic acids is 3. The Kier molecular flexibility index (Phi) is 7.65. The van der Waals surface area contributed by atoms with Gasteiger partial charge in [-0.05, 0) is 49.1 Å². The quantitative estimate of drug-likeness (QED) is 0.549. The second kappa shape index (κ2) is 11.0. The van der Waals surface area contributed by atoms with Crippen LogP contribution in [0.1, 0.15) is 58.6 Å². The molecule has 1 aliphatic heterocycles. The molecule has 1 aromatic heterocycles. The summed E-state index contributed by atoms with van der Waals surface area (Å²) in [4.78, 5) is 42.4. The van der Waals surface area contributed by atoms with E-state index in [-0.39, 0.29) is 35.4 Å². The van der Waals surface area contributed by atoms with Gasteiger partial charge in [0.15, 0.2) is 5.76 Å². The number of hydrogen-bond donors (Lipinski definition) is 1. The summed E-state index contributed by atoms with van der Waals surface area (Å²) in [6, 6.07) is 20.1. The van der Waals surface area contributed by atoms with Gasteiger partial charge in [0.2, 0.25) is 5.91 Å². The number of carbonyl (C=O) groups is 3. The molecule has 0 aliphatic carbocycles. The number of hydrogen-bond acceptors (Lipinski definition) is 4. The fourth-order valence-electron chi connectivity index (χ4n) is 4.60. The Labute approximate surface area is 205 Å². The summed E-state index contributed by atoms with van der Waals surface area (Å²) in [5.74, 6) is -0.352. The number of furan rings is 1. The normalized spacial score (nSPS) is 14.9. The molecule has 1 saturated heterocycles. The number of para-hydroxylation sites is 1. The van der Waals surface area contributed by atoms with Gasteiger partial charge in [0, 0.05) is 26.2 Å². The second-order valence-electron chi connectivity index (χ2n) is 8.80. The molecule has 0 spiro atoms. The molecule has 1 atom stereocenters. The van der Waals surface area contributed by atoms with Crippen molar-refractivity contribution in [3.63, 3.8) is 0 Å². The second-order valence-corrected chi connectivity index (χ2v) is 8.80. The van der Waals surface area contributed by atoms with Gasteiger partial charge in [-0.2, -0.15) is 0 Å². The molecule has 35 heavy (non-hydrogen) atoms. The SMILES string of the molecule is CCC(C(=O)N1CCC(NC(=O)c2ccccc2N(C)C(=O)c2ccco2)CC1)c1ccccc1. The fraction of sp³-hybridized carbons (Fsp3) is 0.321. The smallest absolute Gasteiger partial charge is 0.293 e.